The third kappa shape index (κ3) is 3.08. The molecule has 1 N–H and O–H groups in total. The Kier molecular flexibility index (Phi) is 4.57. The Morgan fingerprint density at radius 3 is 2.90 bits per heavy atom. The highest BCUT2D eigenvalue weighted by atomic mass is 16.5. The highest BCUT2D eigenvalue weighted by Crippen LogP contribution is 2.22. The monoisotopic (exact) mass is 279 g/mol. The van der Waals surface area contributed by atoms with Crippen molar-refractivity contribution in [2.45, 2.75) is 12.5 Å². The van der Waals surface area contributed by atoms with Gasteiger partial charge in [-0.3, -0.25) is 9.59 Å². The predicted molar refractivity (Wildman–Crippen MR) is 70.9 cm³/mol. The van der Waals surface area contributed by atoms with Gasteiger partial charge < -0.3 is 19.5 Å². The van der Waals surface area contributed by atoms with Crippen molar-refractivity contribution in [3.05, 3.63) is 29.8 Å². The average molecular weight is 279 g/mol. The Labute approximate surface area is 116 Å². The minimum atomic E-state index is -0.946. The summed E-state index contributed by atoms with van der Waals surface area (Å²) in [5.74, 6) is -0.687. The lowest BCUT2D eigenvalue weighted by Crippen LogP contribution is -2.49. The van der Waals surface area contributed by atoms with Crippen LogP contribution in [0.3, 0.4) is 0 Å². The molecule has 6 heteroatoms. The number of methoxy groups -OCH3 is 1. The molecule has 1 aromatic rings. The summed E-state index contributed by atoms with van der Waals surface area (Å²) in [6, 6.07) is 6.47. The first-order valence-corrected chi connectivity index (χ1v) is 6.37. The van der Waals surface area contributed by atoms with Crippen molar-refractivity contribution in [3.8, 4) is 5.75 Å². The van der Waals surface area contributed by atoms with Crippen molar-refractivity contribution in [3.63, 3.8) is 0 Å². The van der Waals surface area contributed by atoms with E-state index in [1.807, 2.05) is 0 Å². The molecule has 0 aliphatic carbocycles. The van der Waals surface area contributed by atoms with Gasteiger partial charge in [-0.25, -0.2) is 0 Å². The van der Waals surface area contributed by atoms with E-state index in [4.69, 9.17) is 14.6 Å². The SMILES string of the molecule is COc1ccccc1C(=O)N1CCOCC1CC(=O)O. The largest absolute Gasteiger partial charge is 0.496 e. The van der Waals surface area contributed by atoms with Gasteiger partial charge in [0, 0.05) is 6.54 Å². The lowest BCUT2D eigenvalue weighted by atomic mass is 10.1. The minimum Gasteiger partial charge on any atom is -0.496 e. The van der Waals surface area contributed by atoms with Crippen LogP contribution in [0.25, 0.3) is 0 Å². The second-order valence-corrected chi connectivity index (χ2v) is 4.53. The number of carboxylic acid groups (broad SMARTS) is 1. The van der Waals surface area contributed by atoms with Gasteiger partial charge >= 0.3 is 5.97 Å². The van der Waals surface area contributed by atoms with E-state index in [1.165, 1.54) is 7.11 Å². The zero-order valence-corrected chi connectivity index (χ0v) is 11.2. The summed E-state index contributed by atoms with van der Waals surface area (Å²) in [5, 5.41) is 8.92. The van der Waals surface area contributed by atoms with E-state index < -0.39 is 12.0 Å². The maximum Gasteiger partial charge on any atom is 0.305 e. The Hall–Kier alpha value is -2.08. The Balaban J connectivity index is 2.23. The number of carbonyl (C=O) groups excluding carboxylic acids is 1. The number of para-hydroxylation sites is 1. The number of nitrogens with zero attached hydrogens (tertiary/aromatic N) is 1. The van der Waals surface area contributed by atoms with Crippen molar-refractivity contribution in [2.24, 2.45) is 0 Å². The standard InChI is InChI=1S/C14H17NO5/c1-19-12-5-3-2-4-11(12)14(18)15-6-7-20-9-10(15)8-13(16)17/h2-5,10H,6-9H2,1H3,(H,16,17). The molecular weight excluding hydrogens is 262 g/mol. The van der Waals surface area contributed by atoms with Gasteiger partial charge in [0.2, 0.25) is 0 Å². The molecular formula is C14H17NO5. The first-order valence-electron chi connectivity index (χ1n) is 6.37. The van der Waals surface area contributed by atoms with Crippen LogP contribution in [0.1, 0.15) is 16.8 Å². The topological polar surface area (TPSA) is 76.1 Å². The summed E-state index contributed by atoms with van der Waals surface area (Å²) in [5.41, 5.74) is 0.437. The summed E-state index contributed by atoms with van der Waals surface area (Å²) >= 11 is 0. The summed E-state index contributed by atoms with van der Waals surface area (Å²) < 4.78 is 10.4. The maximum absolute atomic E-state index is 12.6. The minimum absolute atomic E-state index is 0.124. The molecule has 0 aromatic heterocycles. The summed E-state index contributed by atoms with van der Waals surface area (Å²) in [4.78, 5) is 25.0. The molecule has 6 nitrogen and oxygen atoms in total. The number of aliphatic carboxylic acids is 1. The number of hydrogen-bond donors (Lipinski definition) is 1. The molecule has 1 saturated heterocycles. The van der Waals surface area contributed by atoms with Gasteiger partial charge in [-0.15, -0.1) is 0 Å². The van der Waals surface area contributed by atoms with Gasteiger partial charge in [-0.1, -0.05) is 12.1 Å². The molecule has 108 valence electrons. The highest BCUT2D eigenvalue weighted by molar-refractivity contribution is 5.97. The average Bonchev–Trinajstić information content (AvgIpc) is 2.46. The molecule has 0 saturated carbocycles. The number of rotatable bonds is 4. The van der Waals surface area contributed by atoms with E-state index in [2.05, 4.69) is 0 Å². The van der Waals surface area contributed by atoms with Gasteiger partial charge in [0.25, 0.3) is 5.91 Å². The molecule has 1 unspecified atom stereocenters. The van der Waals surface area contributed by atoms with Crippen molar-refractivity contribution < 1.29 is 24.2 Å². The van der Waals surface area contributed by atoms with Crippen molar-refractivity contribution in [2.75, 3.05) is 26.9 Å². The molecule has 1 aliphatic rings. The zero-order valence-electron chi connectivity index (χ0n) is 11.2. The molecule has 1 heterocycles. The maximum atomic E-state index is 12.6. The van der Waals surface area contributed by atoms with Crippen molar-refractivity contribution in [1.82, 2.24) is 4.90 Å². The van der Waals surface area contributed by atoms with Crippen LogP contribution in [0.5, 0.6) is 5.75 Å². The number of amides is 1. The third-order valence-corrected chi connectivity index (χ3v) is 3.24. The molecule has 1 fully saturated rings. The van der Waals surface area contributed by atoms with Crippen molar-refractivity contribution in [1.29, 1.82) is 0 Å². The summed E-state index contributed by atoms with van der Waals surface area (Å²) in [7, 11) is 1.50. The van der Waals surface area contributed by atoms with Gasteiger partial charge in [-0.2, -0.15) is 0 Å². The fourth-order valence-electron chi connectivity index (χ4n) is 2.27. The van der Waals surface area contributed by atoms with Gasteiger partial charge in [-0.05, 0) is 12.1 Å². The second-order valence-electron chi connectivity index (χ2n) is 4.53. The Morgan fingerprint density at radius 2 is 2.20 bits per heavy atom. The van der Waals surface area contributed by atoms with Gasteiger partial charge in [0.15, 0.2) is 0 Å². The van der Waals surface area contributed by atoms with Crippen LogP contribution in [0.4, 0.5) is 0 Å². The van der Waals surface area contributed by atoms with E-state index in [-0.39, 0.29) is 18.9 Å². The number of carboxylic acids is 1. The molecule has 1 amide bonds. The number of benzene rings is 1. The van der Waals surface area contributed by atoms with Crippen LogP contribution in [0.2, 0.25) is 0 Å². The van der Waals surface area contributed by atoms with Crippen LogP contribution in [-0.4, -0.2) is 54.8 Å². The number of morpholine rings is 1. The fraction of sp³-hybridized carbons (Fsp3) is 0.429. The van der Waals surface area contributed by atoms with E-state index in [9.17, 15) is 9.59 Å². The molecule has 20 heavy (non-hydrogen) atoms. The predicted octanol–water partition coefficient (Wildman–Crippen LogP) is 1.01. The van der Waals surface area contributed by atoms with Crippen LogP contribution in [-0.2, 0) is 9.53 Å². The molecule has 1 aromatic carbocycles. The van der Waals surface area contributed by atoms with Crippen molar-refractivity contribution >= 4 is 11.9 Å². The first kappa shape index (κ1) is 14.3. The van der Waals surface area contributed by atoms with E-state index in [0.717, 1.165) is 0 Å². The zero-order chi connectivity index (χ0) is 14.5. The first-order chi connectivity index (χ1) is 9.63. The summed E-state index contributed by atoms with van der Waals surface area (Å²) in [6.45, 7) is 1.04. The molecule has 1 aliphatic heterocycles. The molecule has 0 bridgehead atoms. The van der Waals surface area contributed by atoms with Crippen LogP contribution in [0.15, 0.2) is 24.3 Å². The number of carbonyl (C=O) groups is 2. The highest BCUT2D eigenvalue weighted by Gasteiger charge is 2.30. The smallest absolute Gasteiger partial charge is 0.305 e. The van der Waals surface area contributed by atoms with Gasteiger partial charge in [0.05, 0.1) is 38.3 Å². The second kappa shape index (κ2) is 6.38. The molecule has 1 atom stereocenters. The normalized spacial score (nSPS) is 18.6. The number of ether oxygens (including phenoxy) is 2. The van der Waals surface area contributed by atoms with E-state index in [1.54, 1.807) is 29.2 Å². The van der Waals surface area contributed by atoms with E-state index in [0.29, 0.717) is 24.5 Å². The van der Waals surface area contributed by atoms with Crippen LogP contribution in [0, 0.1) is 0 Å². The Bertz CT molecular complexity index is 502. The lowest BCUT2D eigenvalue weighted by molar-refractivity contribution is -0.139. The fourth-order valence-corrected chi connectivity index (χ4v) is 2.27. The van der Waals surface area contributed by atoms with E-state index >= 15 is 0 Å². The van der Waals surface area contributed by atoms with Crippen LogP contribution >= 0.6 is 0 Å². The molecule has 0 spiro atoms. The third-order valence-electron chi connectivity index (χ3n) is 3.24. The quantitative estimate of drug-likeness (QED) is 0.890. The number of hydrogen-bond acceptors (Lipinski definition) is 4. The van der Waals surface area contributed by atoms with Gasteiger partial charge in [0.1, 0.15) is 5.75 Å². The molecule has 0 radical (unpaired) electrons. The lowest BCUT2D eigenvalue weighted by Gasteiger charge is -2.35. The molecule has 2 rings (SSSR count). The Morgan fingerprint density at radius 1 is 1.45 bits per heavy atom. The summed E-state index contributed by atoms with van der Waals surface area (Å²) in [6.07, 6.45) is -0.124. The van der Waals surface area contributed by atoms with Crippen LogP contribution < -0.4 is 4.74 Å².